The van der Waals surface area contributed by atoms with Gasteiger partial charge >= 0.3 is 0 Å². The summed E-state index contributed by atoms with van der Waals surface area (Å²) in [6.07, 6.45) is 2.07. The van der Waals surface area contributed by atoms with Crippen LogP contribution in [-0.2, 0) is 16.6 Å². The van der Waals surface area contributed by atoms with Gasteiger partial charge in [0.05, 0.1) is 11.4 Å². The van der Waals surface area contributed by atoms with Gasteiger partial charge in [-0.1, -0.05) is 0 Å². The third kappa shape index (κ3) is 1.21. The second-order valence-corrected chi connectivity index (χ2v) is 3.40. The molecule has 1 saturated heterocycles. The molecular weight excluding hydrogens is 182 g/mol. The van der Waals surface area contributed by atoms with Crippen LogP contribution in [0.25, 0.3) is 0 Å². The Morgan fingerprint density at radius 2 is 2.14 bits per heavy atom. The molecule has 0 atom stereocenters. The van der Waals surface area contributed by atoms with E-state index in [2.05, 4.69) is 5.10 Å². The lowest BCUT2D eigenvalue weighted by Gasteiger charge is -2.12. The molecule has 14 heavy (non-hydrogen) atoms. The van der Waals surface area contributed by atoms with Crippen LogP contribution < -0.4 is 4.90 Å². The molecule has 0 saturated carbocycles. The standard InChI is InChI=1S/C9H11N3O2/c1-6-7(5-11(2)10-6)12-4-3-8(13)9(12)14/h5H,3-4H2,1-2H3. The number of hydrogen-bond acceptors (Lipinski definition) is 3. The molecule has 0 aliphatic carbocycles. The predicted molar refractivity (Wildman–Crippen MR) is 49.9 cm³/mol. The van der Waals surface area contributed by atoms with E-state index in [0.29, 0.717) is 13.0 Å². The monoisotopic (exact) mass is 193 g/mol. The lowest BCUT2D eigenvalue weighted by molar-refractivity contribution is -0.133. The molecule has 0 radical (unpaired) electrons. The molecule has 1 fully saturated rings. The van der Waals surface area contributed by atoms with Gasteiger partial charge in [-0.2, -0.15) is 5.10 Å². The van der Waals surface area contributed by atoms with Crippen LogP contribution in [0.2, 0.25) is 0 Å². The van der Waals surface area contributed by atoms with Crippen molar-refractivity contribution in [3.05, 3.63) is 11.9 Å². The van der Waals surface area contributed by atoms with Crippen LogP contribution in [0.5, 0.6) is 0 Å². The van der Waals surface area contributed by atoms with Crippen molar-refractivity contribution < 1.29 is 9.59 Å². The van der Waals surface area contributed by atoms with Crippen LogP contribution in [0.1, 0.15) is 12.1 Å². The fourth-order valence-electron chi connectivity index (χ4n) is 1.65. The molecular formula is C9H11N3O2. The number of anilines is 1. The van der Waals surface area contributed by atoms with E-state index in [4.69, 9.17) is 0 Å². The summed E-state index contributed by atoms with van der Waals surface area (Å²) in [5, 5.41) is 4.13. The number of carbonyl (C=O) groups excluding carboxylic acids is 2. The zero-order chi connectivity index (χ0) is 10.3. The van der Waals surface area contributed by atoms with Gasteiger partial charge in [0.25, 0.3) is 5.91 Å². The first-order valence-corrected chi connectivity index (χ1v) is 4.44. The maximum absolute atomic E-state index is 11.4. The summed E-state index contributed by atoms with van der Waals surface area (Å²) in [7, 11) is 1.79. The average molecular weight is 193 g/mol. The number of ketones is 1. The lowest BCUT2D eigenvalue weighted by atomic mass is 10.3. The maximum Gasteiger partial charge on any atom is 0.294 e. The topological polar surface area (TPSA) is 55.2 Å². The van der Waals surface area contributed by atoms with Gasteiger partial charge in [-0.05, 0) is 6.92 Å². The molecule has 0 bridgehead atoms. The van der Waals surface area contributed by atoms with Gasteiger partial charge in [0.1, 0.15) is 0 Å². The summed E-state index contributed by atoms with van der Waals surface area (Å²) in [5.74, 6) is -0.727. The number of aromatic nitrogens is 2. The van der Waals surface area contributed by atoms with Gasteiger partial charge in [0.15, 0.2) is 0 Å². The third-order valence-corrected chi connectivity index (χ3v) is 2.32. The molecule has 0 N–H and O–H groups in total. The molecule has 2 rings (SSSR count). The highest BCUT2D eigenvalue weighted by atomic mass is 16.2. The molecule has 1 aliphatic rings. The van der Waals surface area contributed by atoms with E-state index in [1.165, 1.54) is 4.90 Å². The predicted octanol–water partition coefficient (Wildman–Crippen LogP) is 0.0343. The summed E-state index contributed by atoms with van der Waals surface area (Å²) in [6.45, 7) is 2.30. The fourth-order valence-corrected chi connectivity index (χ4v) is 1.65. The zero-order valence-electron chi connectivity index (χ0n) is 8.15. The molecule has 1 aromatic heterocycles. The van der Waals surface area contributed by atoms with Crippen LogP contribution in [-0.4, -0.2) is 28.0 Å². The van der Waals surface area contributed by atoms with Gasteiger partial charge < -0.3 is 4.90 Å². The van der Waals surface area contributed by atoms with Crippen molar-refractivity contribution in [1.29, 1.82) is 0 Å². The number of hydrogen-bond donors (Lipinski definition) is 0. The summed E-state index contributed by atoms with van der Waals surface area (Å²) >= 11 is 0. The van der Waals surface area contributed by atoms with Crippen LogP contribution in [0.15, 0.2) is 6.20 Å². The number of Topliss-reactive ketones (excluding diaryl/α,β-unsaturated/α-hetero) is 1. The Balaban J connectivity index is 2.36. The normalized spacial score (nSPS) is 16.9. The quantitative estimate of drug-likeness (QED) is 0.591. The highest BCUT2D eigenvalue weighted by Crippen LogP contribution is 2.22. The van der Waals surface area contributed by atoms with Crippen molar-refractivity contribution in [1.82, 2.24) is 9.78 Å². The van der Waals surface area contributed by atoms with Gasteiger partial charge in [-0.3, -0.25) is 14.3 Å². The van der Waals surface area contributed by atoms with Gasteiger partial charge in [0.2, 0.25) is 5.78 Å². The van der Waals surface area contributed by atoms with Crippen molar-refractivity contribution in [3.8, 4) is 0 Å². The van der Waals surface area contributed by atoms with E-state index >= 15 is 0 Å². The SMILES string of the molecule is Cc1nn(C)cc1N1CCC(=O)C1=O. The number of aryl methyl sites for hydroxylation is 2. The lowest BCUT2D eigenvalue weighted by Crippen LogP contribution is -2.27. The Morgan fingerprint density at radius 1 is 1.43 bits per heavy atom. The van der Waals surface area contributed by atoms with Crippen molar-refractivity contribution in [2.75, 3.05) is 11.4 Å². The molecule has 0 unspecified atom stereocenters. The van der Waals surface area contributed by atoms with Crippen molar-refractivity contribution >= 4 is 17.4 Å². The van der Waals surface area contributed by atoms with E-state index in [-0.39, 0.29) is 5.78 Å². The molecule has 5 heteroatoms. The first-order valence-electron chi connectivity index (χ1n) is 4.44. The van der Waals surface area contributed by atoms with E-state index < -0.39 is 5.91 Å². The second-order valence-electron chi connectivity index (χ2n) is 3.40. The number of nitrogens with zero attached hydrogens (tertiary/aromatic N) is 3. The van der Waals surface area contributed by atoms with Crippen molar-refractivity contribution in [2.24, 2.45) is 7.05 Å². The fraction of sp³-hybridized carbons (Fsp3) is 0.444. The molecule has 1 aromatic rings. The first-order chi connectivity index (χ1) is 6.59. The summed E-state index contributed by atoms with van der Waals surface area (Å²) in [4.78, 5) is 24.0. The highest BCUT2D eigenvalue weighted by Gasteiger charge is 2.31. The second kappa shape index (κ2) is 2.94. The summed E-state index contributed by atoms with van der Waals surface area (Å²) in [6, 6.07) is 0. The van der Waals surface area contributed by atoms with E-state index in [1.807, 2.05) is 6.92 Å². The molecule has 74 valence electrons. The van der Waals surface area contributed by atoms with Crippen LogP contribution >= 0.6 is 0 Å². The average Bonchev–Trinajstić information content (AvgIpc) is 2.59. The Kier molecular flexibility index (Phi) is 1.87. The molecule has 5 nitrogen and oxygen atoms in total. The molecule has 0 aromatic carbocycles. The van der Waals surface area contributed by atoms with Crippen LogP contribution in [0, 0.1) is 6.92 Å². The summed E-state index contributed by atoms with van der Waals surface area (Å²) in [5.41, 5.74) is 1.51. The largest absolute Gasteiger partial charge is 0.302 e. The van der Waals surface area contributed by atoms with E-state index in [1.54, 1.807) is 17.9 Å². The minimum Gasteiger partial charge on any atom is -0.302 e. The van der Waals surface area contributed by atoms with Gasteiger partial charge in [0, 0.05) is 26.2 Å². The van der Waals surface area contributed by atoms with Crippen LogP contribution in [0.3, 0.4) is 0 Å². The van der Waals surface area contributed by atoms with Gasteiger partial charge in [-0.25, -0.2) is 0 Å². The number of rotatable bonds is 1. The van der Waals surface area contributed by atoms with Crippen LogP contribution in [0.4, 0.5) is 5.69 Å². The van der Waals surface area contributed by atoms with E-state index in [9.17, 15) is 9.59 Å². The molecule has 0 spiro atoms. The minimum absolute atomic E-state index is 0.312. The Morgan fingerprint density at radius 3 is 2.57 bits per heavy atom. The number of amides is 1. The van der Waals surface area contributed by atoms with E-state index in [0.717, 1.165) is 11.4 Å². The first kappa shape index (κ1) is 8.93. The molecule has 1 amide bonds. The maximum atomic E-state index is 11.4. The Hall–Kier alpha value is -1.65. The Bertz CT molecular complexity index is 408. The smallest absolute Gasteiger partial charge is 0.294 e. The number of carbonyl (C=O) groups is 2. The Labute approximate surface area is 81.3 Å². The minimum atomic E-state index is -0.416. The zero-order valence-corrected chi connectivity index (χ0v) is 8.15. The third-order valence-electron chi connectivity index (χ3n) is 2.32. The molecule has 1 aliphatic heterocycles. The summed E-state index contributed by atoms with van der Waals surface area (Å²) < 4.78 is 1.64. The van der Waals surface area contributed by atoms with Crippen molar-refractivity contribution in [2.45, 2.75) is 13.3 Å². The van der Waals surface area contributed by atoms with Gasteiger partial charge in [-0.15, -0.1) is 0 Å². The molecule has 2 heterocycles. The van der Waals surface area contributed by atoms with Crippen molar-refractivity contribution in [3.63, 3.8) is 0 Å². The highest BCUT2D eigenvalue weighted by molar-refractivity contribution is 6.43.